The molecule has 0 bridgehead atoms. The van der Waals surface area contributed by atoms with Crippen molar-refractivity contribution in [3.63, 3.8) is 0 Å². The number of nitrogens with zero attached hydrogens (tertiary/aromatic N) is 3. The molecule has 0 radical (unpaired) electrons. The van der Waals surface area contributed by atoms with Crippen molar-refractivity contribution in [1.29, 1.82) is 0 Å². The second-order valence-corrected chi connectivity index (χ2v) is 8.93. The highest BCUT2D eigenvalue weighted by atomic mass is 32.3. The van der Waals surface area contributed by atoms with E-state index in [0.717, 1.165) is 17.2 Å². The van der Waals surface area contributed by atoms with Crippen LogP contribution in [0.4, 0.5) is 26.3 Å². The summed E-state index contributed by atoms with van der Waals surface area (Å²) in [7, 11) is -13.4. The molecule has 166 valence electrons. The van der Waals surface area contributed by atoms with Gasteiger partial charge in [0.2, 0.25) is 6.33 Å². The Bertz CT molecular complexity index is 736. The number of unbranched alkanes of at least 4 members (excludes halogenated alkanes) is 2. The van der Waals surface area contributed by atoms with Crippen LogP contribution in [0, 0.1) is 0 Å². The number of hydrogen-bond acceptors (Lipinski definition) is 4. The molecule has 7 nitrogen and oxygen atoms in total. The maximum absolute atomic E-state index is 11.4. The maximum Gasteiger partial charge on any atom is 0.480 e. The van der Waals surface area contributed by atoms with E-state index < -0.39 is 31.1 Å². The molecule has 1 aromatic heterocycles. The van der Waals surface area contributed by atoms with Gasteiger partial charge in [-0.1, -0.05) is 26.7 Å². The van der Waals surface area contributed by atoms with Gasteiger partial charge in [-0.25, -0.2) is 26.0 Å². The molecular formula is C13H21F6N3O4S2. The lowest BCUT2D eigenvalue weighted by molar-refractivity contribution is -0.696. The number of rotatable bonds is 8. The number of alkyl halides is 6. The van der Waals surface area contributed by atoms with Gasteiger partial charge in [-0.3, -0.25) is 0 Å². The van der Waals surface area contributed by atoms with Crippen LogP contribution in [0.25, 0.3) is 4.13 Å². The largest absolute Gasteiger partial charge is 0.480 e. The summed E-state index contributed by atoms with van der Waals surface area (Å²) < 4.78 is 114. The van der Waals surface area contributed by atoms with E-state index in [1.54, 1.807) is 0 Å². The van der Waals surface area contributed by atoms with Gasteiger partial charge in [-0.15, -0.1) is 0 Å². The second kappa shape index (κ2) is 10.4. The predicted octanol–water partition coefficient (Wildman–Crippen LogP) is 3.44. The van der Waals surface area contributed by atoms with Gasteiger partial charge < -0.3 is 4.13 Å². The number of hydrogen-bond donors (Lipinski definition) is 0. The van der Waals surface area contributed by atoms with Crippen LogP contribution in [0.15, 0.2) is 18.7 Å². The second-order valence-electron chi connectivity index (χ2n) is 5.51. The number of aryl methyl sites for hydroxylation is 2. The third-order valence-corrected chi connectivity index (χ3v) is 5.81. The maximum atomic E-state index is 11.4. The Morgan fingerprint density at radius 3 is 1.75 bits per heavy atom. The van der Waals surface area contributed by atoms with Crippen LogP contribution in [-0.4, -0.2) is 32.4 Å². The first-order valence-electron chi connectivity index (χ1n) is 7.99. The summed E-state index contributed by atoms with van der Waals surface area (Å²) in [5.41, 5.74) is -12.4. The van der Waals surface area contributed by atoms with Crippen molar-refractivity contribution in [3.05, 3.63) is 22.8 Å². The average Bonchev–Trinajstić information content (AvgIpc) is 2.96. The van der Waals surface area contributed by atoms with Gasteiger partial charge >= 0.3 is 11.0 Å². The lowest BCUT2D eigenvalue weighted by Gasteiger charge is -2.22. The van der Waals surface area contributed by atoms with Crippen molar-refractivity contribution in [3.8, 4) is 0 Å². The van der Waals surface area contributed by atoms with Gasteiger partial charge in [0.25, 0.3) is 0 Å². The van der Waals surface area contributed by atoms with Crippen molar-refractivity contribution in [1.82, 2.24) is 4.57 Å². The zero-order chi connectivity index (χ0) is 22.2. The van der Waals surface area contributed by atoms with Gasteiger partial charge in [0.15, 0.2) is 20.0 Å². The van der Waals surface area contributed by atoms with E-state index in [4.69, 9.17) is 0 Å². The van der Waals surface area contributed by atoms with Crippen molar-refractivity contribution in [2.24, 2.45) is 0 Å². The van der Waals surface area contributed by atoms with E-state index in [-0.39, 0.29) is 0 Å². The van der Waals surface area contributed by atoms with E-state index in [9.17, 15) is 43.2 Å². The Hall–Kier alpha value is -1.35. The fraction of sp³-hybridized carbons (Fsp3) is 0.769. The molecule has 15 heteroatoms. The van der Waals surface area contributed by atoms with Gasteiger partial charge in [0.1, 0.15) is 12.4 Å². The molecule has 0 saturated carbocycles. The monoisotopic (exact) mass is 461 g/mol. The molecular weight excluding hydrogens is 440 g/mol. The van der Waals surface area contributed by atoms with Gasteiger partial charge in [0, 0.05) is 0 Å². The molecule has 0 aliphatic rings. The van der Waals surface area contributed by atoms with E-state index in [1.807, 2.05) is 0 Å². The summed E-state index contributed by atoms with van der Waals surface area (Å²) in [5, 5.41) is 0. The van der Waals surface area contributed by atoms with Crippen LogP contribution in [-0.2, 0) is 33.1 Å². The Labute approximate surface area is 159 Å². The van der Waals surface area contributed by atoms with Crippen molar-refractivity contribution in [2.75, 3.05) is 0 Å². The van der Waals surface area contributed by atoms with Crippen molar-refractivity contribution in [2.45, 2.75) is 63.6 Å². The summed E-state index contributed by atoms with van der Waals surface area (Å²) in [6.07, 6.45) is 11.7. The molecule has 0 atom stereocenters. The van der Waals surface area contributed by atoms with Gasteiger partial charge in [-0.2, -0.15) is 26.3 Å². The molecule has 0 N–H and O–H groups in total. The molecule has 1 rings (SSSR count). The Morgan fingerprint density at radius 1 is 0.893 bits per heavy atom. The van der Waals surface area contributed by atoms with Crippen molar-refractivity contribution >= 4 is 20.0 Å². The lowest BCUT2D eigenvalue weighted by Crippen LogP contribution is -2.30. The van der Waals surface area contributed by atoms with Crippen LogP contribution in [0.1, 0.15) is 39.5 Å². The highest BCUT2D eigenvalue weighted by Gasteiger charge is 2.46. The van der Waals surface area contributed by atoms with Crippen LogP contribution < -0.4 is 4.57 Å². The first-order valence-corrected chi connectivity index (χ1v) is 10.9. The molecule has 1 heterocycles. The number of imidazole rings is 1. The molecule has 0 unspecified atom stereocenters. The fourth-order valence-electron chi connectivity index (χ4n) is 1.60. The minimum absolute atomic E-state index is 0.778. The molecule has 1 aromatic rings. The topological polar surface area (TPSA) is 91.2 Å². The van der Waals surface area contributed by atoms with E-state index in [2.05, 4.69) is 41.7 Å². The number of aromatic nitrogens is 2. The van der Waals surface area contributed by atoms with Crippen LogP contribution in [0.5, 0.6) is 0 Å². The van der Waals surface area contributed by atoms with Crippen LogP contribution >= 0.6 is 0 Å². The molecule has 28 heavy (non-hydrogen) atoms. The third-order valence-electron chi connectivity index (χ3n) is 3.07. The van der Waals surface area contributed by atoms with E-state index in [1.165, 1.54) is 25.7 Å². The molecule has 0 spiro atoms. The summed E-state index contributed by atoms with van der Waals surface area (Å²) >= 11 is 0. The highest BCUT2D eigenvalue weighted by Crippen LogP contribution is 2.36. The first kappa shape index (κ1) is 26.6. The van der Waals surface area contributed by atoms with Gasteiger partial charge in [0.05, 0.1) is 13.1 Å². The van der Waals surface area contributed by atoms with Crippen LogP contribution in [0.2, 0.25) is 0 Å². The fourth-order valence-corrected chi connectivity index (χ4v) is 3.31. The normalized spacial score (nSPS) is 13.1. The van der Waals surface area contributed by atoms with E-state index in [0.29, 0.717) is 0 Å². The summed E-state index contributed by atoms with van der Waals surface area (Å²) in [6, 6.07) is 0. The summed E-state index contributed by atoms with van der Waals surface area (Å²) in [5.74, 6) is 0. The zero-order valence-electron chi connectivity index (χ0n) is 15.0. The Kier molecular flexibility index (Phi) is 9.93. The van der Waals surface area contributed by atoms with Crippen LogP contribution in [0.3, 0.4) is 0 Å². The zero-order valence-corrected chi connectivity index (χ0v) is 16.7. The SMILES string of the molecule is CCCCn1cc[n+](CCCC)c1.O=S(=O)([N-]S(=O)(=O)C(F)(F)F)C(F)(F)F. The van der Waals surface area contributed by atoms with E-state index >= 15 is 0 Å². The number of sulfonamides is 2. The lowest BCUT2D eigenvalue weighted by atomic mass is 10.3. The summed E-state index contributed by atoms with van der Waals surface area (Å²) in [6.45, 7) is 6.79. The molecule has 0 fully saturated rings. The third kappa shape index (κ3) is 8.77. The standard InChI is InChI=1S/C11H21N2.C2F6NO4S2/c1-3-5-7-12-9-10-13(11-12)8-6-4-2;3-1(4,5)14(10,11)9-15(12,13)2(6,7)8/h9-11H,3-8H2,1-2H3;/q+1;-1. The highest BCUT2D eigenvalue weighted by molar-refractivity contribution is 8.13. The van der Waals surface area contributed by atoms with Crippen molar-refractivity contribution < 1.29 is 47.7 Å². The average molecular weight is 461 g/mol. The minimum Gasteiger partial charge on any atom is -0.421 e. The molecule has 0 aliphatic carbocycles. The smallest absolute Gasteiger partial charge is 0.421 e. The molecule has 0 amide bonds. The van der Waals surface area contributed by atoms with Gasteiger partial charge in [-0.05, 0) is 12.8 Å². The molecule has 0 aromatic carbocycles. The first-order chi connectivity index (χ1) is 12.6. The quantitative estimate of drug-likeness (QED) is 0.438. The Balaban J connectivity index is 0.000000525. The number of halogens is 6. The minimum atomic E-state index is -6.72. The Morgan fingerprint density at radius 2 is 1.36 bits per heavy atom. The predicted molar refractivity (Wildman–Crippen MR) is 87.8 cm³/mol. The molecule has 0 aliphatic heterocycles. The molecule has 0 saturated heterocycles. The summed E-state index contributed by atoms with van der Waals surface area (Å²) in [4.78, 5) is 0.